The molecular weight excluding hydrogens is 262 g/mol. The third kappa shape index (κ3) is 3.55. The van der Waals surface area contributed by atoms with Crippen molar-refractivity contribution in [2.24, 2.45) is 5.92 Å². The minimum atomic E-state index is 0.0757. The standard InChI is InChI=1S/C17H27N3O/c1-5-13-6-8-14(9-7-13)20(4)17(21)15-11-19-12(2)10-16(15)18-3/h10-11,13-14H,5-9H2,1-4H3,(H,18,19). The van der Waals surface area contributed by atoms with E-state index < -0.39 is 0 Å². The fraction of sp³-hybridized carbons (Fsp3) is 0.647. The largest absolute Gasteiger partial charge is 0.387 e. The first kappa shape index (κ1) is 15.8. The monoisotopic (exact) mass is 289 g/mol. The molecule has 0 atom stereocenters. The Hall–Kier alpha value is -1.58. The summed E-state index contributed by atoms with van der Waals surface area (Å²) in [6, 6.07) is 2.29. The van der Waals surface area contributed by atoms with Gasteiger partial charge < -0.3 is 10.2 Å². The van der Waals surface area contributed by atoms with Crippen molar-refractivity contribution in [2.75, 3.05) is 19.4 Å². The molecule has 0 bridgehead atoms. The van der Waals surface area contributed by atoms with Crippen molar-refractivity contribution in [2.45, 2.75) is 52.0 Å². The Morgan fingerprint density at radius 2 is 2.05 bits per heavy atom. The lowest BCUT2D eigenvalue weighted by Gasteiger charge is -2.34. The highest BCUT2D eigenvalue weighted by atomic mass is 16.2. The van der Waals surface area contributed by atoms with Crippen molar-refractivity contribution in [3.05, 3.63) is 23.5 Å². The van der Waals surface area contributed by atoms with Crippen LogP contribution < -0.4 is 5.32 Å². The number of aromatic nitrogens is 1. The fourth-order valence-corrected chi connectivity index (χ4v) is 3.23. The van der Waals surface area contributed by atoms with E-state index in [9.17, 15) is 4.79 Å². The summed E-state index contributed by atoms with van der Waals surface area (Å²) in [5, 5.41) is 3.10. The van der Waals surface area contributed by atoms with Crippen molar-refractivity contribution in [3.63, 3.8) is 0 Å². The van der Waals surface area contributed by atoms with Crippen molar-refractivity contribution in [1.82, 2.24) is 9.88 Å². The van der Waals surface area contributed by atoms with Crippen LogP contribution in [0.25, 0.3) is 0 Å². The topological polar surface area (TPSA) is 45.2 Å². The number of hydrogen-bond donors (Lipinski definition) is 1. The van der Waals surface area contributed by atoms with Gasteiger partial charge in [0.25, 0.3) is 5.91 Å². The zero-order valence-electron chi connectivity index (χ0n) is 13.6. The average molecular weight is 289 g/mol. The summed E-state index contributed by atoms with van der Waals surface area (Å²) in [7, 11) is 3.77. The Kier molecular flexibility index (Phi) is 5.21. The van der Waals surface area contributed by atoms with E-state index in [4.69, 9.17) is 0 Å². The second kappa shape index (κ2) is 6.92. The summed E-state index contributed by atoms with van der Waals surface area (Å²) in [4.78, 5) is 18.9. The molecule has 1 amide bonds. The maximum atomic E-state index is 12.7. The van der Waals surface area contributed by atoms with Gasteiger partial charge in [-0.25, -0.2) is 0 Å². The lowest BCUT2D eigenvalue weighted by atomic mass is 9.84. The van der Waals surface area contributed by atoms with Crippen molar-refractivity contribution in [1.29, 1.82) is 0 Å². The molecule has 116 valence electrons. The van der Waals surface area contributed by atoms with Crippen LogP contribution >= 0.6 is 0 Å². The number of anilines is 1. The predicted octanol–water partition coefficient (Wildman–Crippen LogP) is 3.47. The van der Waals surface area contributed by atoms with Gasteiger partial charge in [0.1, 0.15) is 0 Å². The molecule has 2 rings (SSSR count). The Morgan fingerprint density at radius 3 is 2.62 bits per heavy atom. The number of nitrogens with zero attached hydrogens (tertiary/aromatic N) is 2. The number of aryl methyl sites for hydroxylation is 1. The number of pyridine rings is 1. The second-order valence-corrected chi connectivity index (χ2v) is 6.12. The van der Waals surface area contributed by atoms with E-state index in [1.54, 1.807) is 6.20 Å². The van der Waals surface area contributed by atoms with Crippen molar-refractivity contribution >= 4 is 11.6 Å². The van der Waals surface area contributed by atoms with Crippen LogP contribution in [0.5, 0.6) is 0 Å². The molecule has 0 unspecified atom stereocenters. The van der Waals surface area contributed by atoms with Gasteiger partial charge in [0, 0.05) is 32.0 Å². The molecular formula is C17H27N3O. The van der Waals surface area contributed by atoms with Crippen LogP contribution in [-0.4, -0.2) is 35.9 Å². The van der Waals surface area contributed by atoms with E-state index in [1.807, 2.05) is 32.0 Å². The number of carbonyl (C=O) groups is 1. The third-order valence-electron chi connectivity index (χ3n) is 4.80. The molecule has 1 N–H and O–H groups in total. The van der Waals surface area contributed by atoms with Crippen LogP contribution in [0.3, 0.4) is 0 Å². The highest BCUT2D eigenvalue weighted by molar-refractivity contribution is 5.99. The van der Waals surface area contributed by atoms with Gasteiger partial charge in [-0.1, -0.05) is 13.3 Å². The summed E-state index contributed by atoms with van der Waals surface area (Å²) >= 11 is 0. The van der Waals surface area contributed by atoms with Crippen LogP contribution in [0, 0.1) is 12.8 Å². The number of hydrogen-bond acceptors (Lipinski definition) is 3. The molecule has 21 heavy (non-hydrogen) atoms. The molecule has 4 heteroatoms. The quantitative estimate of drug-likeness (QED) is 0.923. The number of rotatable bonds is 4. The van der Waals surface area contributed by atoms with Crippen LogP contribution in [0.1, 0.15) is 55.1 Å². The molecule has 1 fully saturated rings. The Bertz CT molecular complexity index is 493. The molecule has 0 saturated heterocycles. The highest BCUT2D eigenvalue weighted by Crippen LogP contribution is 2.30. The second-order valence-electron chi connectivity index (χ2n) is 6.12. The van der Waals surface area contributed by atoms with Gasteiger partial charge >= 0.3 is 0 Å². The molecule has 1 aromatic rings. The average Bonchev–Trinajstić information content (AvgIpc) is 2.53. The van der Waals surface area contributed by atoms with Crippen molar-refractivity contribution in [3.8, 4) is 0 Å². The van der Waals surface area contributed by atoms with Gasteiger partial charge in [0.2, 0.25) is 0 Å². The Balaban J connectivity index is 2.09. The SMILES string of the molecule is CCC1CCC(N(C)C(=O)c2cnc(C)cc2NC)CC1. The molecule has 0 radical (unpaired) electrons. The third-order valence-corrected chi connectivity index (χ3v) is 4.80. The van der Waals surface area contributed by atoms with E-state index in [0.717, 1.165) is 30.1 Å². The maximum Gasteiger partial charge on any atom is 0.257 e. The van der Waals surface area contributed by atoms with Crippen molar-refractivity contribution < 1.29 is 4.79 Å². The van der Waals surface area contributed by atoms with E-state index in [0.29, 0.717) is 11.6 Å². The fourth-order valence-electron chi connectivity index (χ4n) is 3.23. The molecule has 0 spiro atoms. The summed E-state index contributed by atoms with van der Waals surface area (Å²) in [5.41, 5.74) is 2.45. The van der Waals surface area contributed by atoms with Crippen LogP contribution in [-0.2, 0) is 0 Å². The first-order valence-electron chi connectivity index (χ1n) is 7.98. The Labute approximate surface area is 127 Å². The van der Waals surface area contributed by atoms with Crippen LogP contribution in [0.4, 0.5) is 5.69 Å². The molecule has 1 aliphatic rings. The lowest BCUT2D eigenvalue weighted by molar-refractivity contribution is 0.0675. The number of amides is 1. The van der Waals surface area contributed by atoms with Gasteiger partial charge in [-0.2, -0.15) is 0 Å². The first-order valence-corrected chi connectivity index (χ1v) is 7.98. The van der Waals surface area contributed by atoms with Crippen LogP contribution in [0.2, 0.25) is 0 Å². The Morgan fingerprint density at radius 1 is 1.38 bits per heavy atom. The minimum absolute atomic E-state index is 0.0757. The molecule has 1 saturated carbocycles. The molecule has 0 aromatic carbocycles. The molecule has 1 heterocycles. The normalized spacial score (nSPS) is 21.9. The van der Waals surface area contributed by atoms with Gasteiger partial charge in [-0.15, -0.1) is 0 Å². The zero-order chi connectivity index (χ0) is 15.4. The van der Waals surface area contributed by atoms with Gasteiger partial charge in [0.15, 0.2) is 0 Å². The summed E-state index contributed by atoms with van der Waals surface area (Å²) < 4.78 is 0. The number of carbonyl (C=O) groups excluding carboxylic acids is 1. The first-order chi connectivity index (χ1) is 10.1. The van der Waals surface area contributed by atoms with Gasteiger partial charge in [-0.3, -0.25) is 9.78 Å². The summed E-state index contributed by atoms with van der Waals surface area (Å²) in [6.45, 7) is 4.20. The highest BCUT2D eigenvalue weighted by Gasteiger charge is 2.27. The van der Waals surface area contributed by atoms with E-state index >= 15 is 0 Å². The number of nitrogens with one attached hydrogen (secondary N) is 1. The minimum Gasteiger partial charge on any atom is -0.387 e. The van der Waals surface area contributed by atoms with E-state index in [2.05, 4.69) is 17.2 Å². The van der Waals surface area contributed by atoms with Gasteiger partial charge in [0.05, 0.1) is 11.3 Å². The maximum absolute atomic E-state index is 12.7. The summed E-state index contributed by atoms with van der Waals surface area (Å²) in [5.74, 6) is 0.922. The van der Waals surface area contributed by atoms with E-state index in [1.165, 1.54) is 19.3 Å². The summed E-state index contributed by atoms with van der Waals surface area (Å²) in [6.07, 6.45) is 7.67. The predicted molar refractivity (Wildman–Crippen MR) is 86.7 cm³/mol. The molecule has 4 nitrogen and oxygen atoms in total. The smallest absolute Gasteiger partial charge is 0.257 e. The lowest BCUT2D eigenvalue weighted by Crippen LogP contribution is -2.39. The molecule has 1 aliphatic carbocycles. The zero-order valence-corrected chi connectivity index (χ0v) is 13.6. The molecule has 1 aromatic heterocycles. The van der Waals surface area contributed by atoms with E-state index in [-0.39, 0.29) is 5.91 Å². The van der Waals surface area contributed by atoms with Crippen LogP contribution in [0.15, 0.2) is 12.3 Å². The molecule has 0 aliphatic heterocycles. The van der Waals surface area contributed by atoms with Gasteiger partial charge in [-0.05, 0) is 44.6 Å².